The van der Waals surface area contributed by atoms with Crippen LogP contribution in [-0.4, -0.2) is 26.6 Å². The second kappa shape index (κ2) is 4.75. The number of pyridine rings is 1. The molecular formula is C11H12BrNO2S. The number of rotatable bonds is 3. The van der Waals surface area contributed by atoms with Crippen LogP contribution in [-0.2, 0) is 11.2 Å². The predicted octanol–water partition coefficient (Wildman–Crippen LogP) is 2.74. The van der Waals surface area contributed by atoms with E-state index in [-0.39, 0.29) is 0 Å². The number of carboxylic acid groups (broad SMARTS) is 1. The second-order valence-corrected chi connectivity index (χ2v) is 6.33. The van der Waals surface area contributed by atoms with E-state index in [1.807, 2.05) is 6.07 Å². The third-order valence-corrected chi connectivity index (χ3v) is 4.75. The predicted molar refractivity (Wildman–Crippen MR) is 67.7 cm³/mol. The zero-order chi connectivity index (χ0) is 11.6. The average Bonchev–Trinajstić information content (AvgIpc) is 2.67. The highest BCUT2D eigenvalue weighted by molar-refractivity contribution is 9.10. The van der Waals surface area contributed by atoms with Gasteiger partial charge >= 0.3 is 5.97 Å². The van der Waals surface area contributed by atoms with E-state index in [0.717, 1.165) is 28.6 Å². The first kappa shape index (κ1) is 11.9. The molecule has 1 saturated heterocycles. The van der Waals surface area contributed by atoms with Crippen molar-refractivity contribution in [2.75, 3.05) is 5.75 Å². The minimum absolute atomic E-state index is 0.555. The fraction of sp³-hybridized carbons (Fsp3) is 0.455. The van der Waals surface area contributed by atoms with Crippen LogP contribution >= 0.6 is 27.7 Å². The molecule has 0 aromatic carbocycles. The highest BCUT2D eigenvalue weighted by Crippen LogP contribution is 2.41. The van der Waals surface area contributed by atoms with Crippen LogP contribution < -0.4 is 0 Å². The van der Waals surface area contributed by atoms with Crippen LogP contribution in [0, 0.1) is 0 Å². The molecule has 1 aliphatic heterocycles. The van der Waals surface area contributed by atoms with E-state index < -0.39 is 10.7 Å². The maximum absolute atomic E-state index is 11.4. The molecule has 1 atom stereocenters. The Bertz CT molecular complexity index is 405. The highest BCUT2D eigenvalue weighted by Gasteiger charge is 2.42. The number of hydrogen-bond donors (Lipinski definition) is 1. The van der Waals surface area contributed by atoms with Gasteiger partial charge < -0.3 is 5.11 Å². The minimum atomic E-state index is -0.699. The smallest absolute Gasteiger partial charge is 0.320 e. The molecule has 5 heteroatoms. The molecule has 1 aliphatic rings. The van der Waals surface area contributed by atoms with Crippen molar-refractivity contribution in [2.45, 2.75) is 24.0 Å². The van der Waals surface area contributed by atoms with Gasteiger partial charge in [-0.2, -0.15) is 0 Å². The van der Waals surface area contributed by atoms with Gasteiger partial charge in [0.05, 0.1) is 0 Å². The van der Waals surface area contributed by atoms with Crippen LogP contribution in [0.25, 0.3) is 0 Å². The van der Waals surface area contributed by atoms with E-state index >= 15 is 0 Å². The van der Waals surface area contributed by atoms with E-state index in [0.29, 0.717) is 6.42 Å². The number of aliphatic carboxylic acids is 1. The molecule has 3 nitrogen and oxygen atoms in total. The standard InChI is InChI=1S/C11H12BrNO2S/c12-9-4-8(6-13-7-9)5-11(10(14)15)2-1-3-16-11/h4,6-7H,1-3,5H2,(H,14,15). The van der Waals surface area contributed by atoms with Gasteiger partial charge in [-0.25, -0.2) is 0 Å². The first-order valence-corrected chi connectivity index (χ1v) is 6.87. The molecule has 0 radical (unpaired) electrons. The first-order chi connectivity index (χ1) is 7.62. The van der Waals surface area contributed by atoms with Crippen LogP contribution in [0.2, 0.25) is 0 Å². The lowest BCUT2D eigenvalue weighted by atomic mass is 9.95. The Morgan fingerprint density at radius 3 is 3.00 bits per heavy atom. The molecule has 1 unspecified atom stereocenters. The Kier molecular flexibility index (Phi) is 3.54. The van der Waals surface area contributed by atoms with Gasteiger partial charge in [-0.15, -0.1) is 11.8 Å². The van der Waals surface area contributed by atoms with Crippen LogP contribution in [0.5, 0.6) is 0 Å². The molecule has 2 heterocycles. The Labute approximate surface area is 107 Å². The Hall–Kier alpha value is -0.550. The van der Waals surface area contributed by atoms with Crippen molar-refractivity contribution in [3.8, 4) is 0 Å². The van der Waals surface area contributed by atoms with Crippen molar-refractivity contribution >= 4 is 33.7 Å². The van der Waals surface area contributed by atoms with E-state index in [4.69, 9.17) is 0 Å². The number of carbonyl (C=O) groups is 1. The van der Waals surface area contributed by atoms with E-state index in [2.05, 4.69) is 20.9 Å². The van der Waals surface area contributed by atoms with Crippen LogP contribution in [0.3, 0.4) is 0 Å². The van der Waals surface area contributed by atoms with Gasteiger partial charge in [-0.05, 0) is 52.6 Å². The zero-order valence-electron chi connectivity index (χ0n) is 8.65. The summed E-state index contributed by atoms with van der Waals surface area (Å²) in [5.41, 5.74) is 0.978. The number of aromatic nitrogens is 1. The summed E-state index contributed by atoms with van der Waals surface area (Å²) in [5.74, 6) is 0.239. The molecule has 16 heavy (non-hydrogen) atoms. The van der Waals surface area contributed by atoms with Crippen molar-refractivity contribution in [3.63, 3.8) is 0 Å². The fourth-order valence-corrected chi connectivity index (χ4v) is 3.74. The van der Waals surface area contributed by atoms with Gasteiger partial charge in [-0.3, -0.25) is 9.78 Å². The number of thioether (sulfide) groups is 1. The molecule has 86 valence electrons. The van der Waals surface area contributed by atoms with Crippen molar-refractivity contribution < 1.29 is 9.90 Å². The van der Waals surface area contributed by atoms with Crippen molar-refractivity contribution in [3.05, 3.63) is 28.5 Å². The van der Waals surface area contributed by atoms with Gasteiger partial charge in [0.2, 0.25) is 0 Å². The summed E-state index contributed by atoms with van der Waals surface area (Å²) < 4.78 is 0.260. The van der Waals surface area contributed by atoms with E-state index in [1.54, 1.807) is 24.2 Å². The number of hydrogen-bond acceptors (Lipinski definition) is 3. The van der Waals surface area contributed by atoms with Crippen molar-refractivity contribution in [2.24, 2.45) is 0 Å². The lowest BCUT2D eigenvalue weighted by Crippen LogP contribution is -2.34. The van der Waals surface area contributed by atoms with Gasteiger partial charge in [0, 0.05) is 16.9 Å². The molecule has 1 N–H and O–H groups in total. The number of carboxylic acids is 1. The van der Waals surface area contributed by atoms with Crippen LogP contribution in [0.15, 0.2) is 22.9 Å². The Morgan fingerprint density at radius 2 is 2.44 bits per heavy atom. The molecule has 0 bridgehead atoms. The SMILES string of the molecule is O=C(O)C1(Cc2cncc(Br)c2)CCCS1. The van der Waals surface area contributed by atoms with Crippen LogP contribution in [0.4, 0.5) is 0 Å². The summed E-state index contributed by atoms with van der Waals surface area (Å²) in [7, 11) is 0. The third kappa shape index (κ3) is 2.40. The normalized spacial score (nSPS) is 24.6. The van der Waals surface area contributed by atoms with Gasteiger partial charge in [0.25, 0.3) is 0 Å². The zero-order valence-corrected chi connectivity index (χ0v) is 11.1. The second-order valence-electron chi connectivity index (χ2n) is 3.94. The molecule has 0 amide bonds. The van der Waals surface area contributed by atoms with Crippen LogP contribution in [0.1, 0.15) is 18.4 Å². The molecule has 1 aromatic heterocycles. The summed E-state index contributed by atoms with van der Waals surface area (Å²) in [6.45, 7) is 0. The Morgan fingerprint density at radius 1 is 1.62 bits per heavy atom. The molecule has 2 rings (SSSR count). The molecule has 0 saturated carbocycles. The topological polar surface area (TPSA) is 50.2 Å². The molecular weight excluding hydrogens is 290 g/mol. The summed E-state index contributed by atoms with van der Waals surface area (Å²) in [5, 5.41) is 9.34. The summed E-state index contributed by atoms with van der Waals surface area (Å²) in [6.07, 6.45) is 5.74. The molecule has 1 fully saturated rings. The van der Waals surface area contributed by atoms with Gasteiger partial charge in [0.15, 0.2) is 0 Å². The lowest BCUT2D eigenvalue weighted by molar-refractivity contribution is -0.139. The largest absolute Gasteiger partial charge is 0.480 e. The lowest BCUT2D eigenvalue weighted by Gasteiger charge is -2.22. The molecule has 0 aliphatic carbocycles. The van der Waals surface area contributed by atoms with Crippen molar-refractivity contribution in [1.29, 1.82) is 0 Å². The van der Waals surface area contributed by atoms with Gasteiger partial charge in [-0.1, -0.05) is 0 Å². The maximum Gasteiger partial charge on any atom is 0.320 e. The molecule has 0 spiro atoms. The maximum atomic E-state index is 11.4. The average molecular weight is 302 g/mol. The van der Waals surface area contributed by atoms with E-state index in [9.17, 15) is 9.90 Å². The first-order valence-electron chi connectivity index (χ1n) is 5.09. The molecule has 1 aromatic rings. The highest BCUT2D eigenvalue weighted by atomic mass is 79.9. The summed E-state index contributed by atoms with van der Waals surface area (Å²) >= 11 is 4.91. The quantitative estimate of drug-likeness (QED) is 0.933. The number of halogens is 1. The third-order valence-electron chi connectivity index (χ3n) is 2.74. The minimum Gasteiger partial charge on any atom is -0.480 e. The van der Waals surface area contributed by atoms with Gasteiger partial charge in [0.1, 0.15) is 4.75 Å². The monoisotopic (exact) mass is 301 g/mol. The summed E-state index contributed by atoms with van der Waals surface area (Å²) in [4.78, 5) is 15.4. The summed E-state index contributed by atoms with van der Waals surface area (Å²) in [6, 6.07) is 1.94. The Balaban J connectivity index is 2.21. The van der Waals surface area contributed by atoms with Crippen molar-refractivity contribution in [1.82, 2.24) is 4.98 Å². The fourth-order valence-electron chi connectivity index (χ4n) is 1.96. The van der Waals surface area contributed by atoms with E-state index in [1.165, 1.54) is 0 Å². The number of nitrogens with zero attached hydrogens (tertiary/aromatic N) is 1.